The highest BCUT2D eigenvalue weighted by molar-refractivity contribution is 5.76. The number of amides is 1. The van der Waals surface area contributed by atoms with Crippen molar-refractivity contribution >= 4 is 12.1 Å². The largest absolute Gasteiger partial charge is 0.481 e. The predicted octanol–water partition coefficient (Wildman–Crippen LogP) is 2.46. The van der Waals surface area contributed by atoms with Crippen molar-refractivity contribution in [2.75, 3.05) is 19.8 Å². The summed E-state index contributed by atoms with van der Waals surface area (Å²) in [5.41, 5.74) is -0.470. The number of hydrogen-bond acceptors (Lipinski definition) is 3. The zero-order valence-electron chi connectivity index (χ0n) is 11.6. The van der Waals surface area contributed by atoms with Crippen LogP contribution >= 0.6 is 0 Å². The summed E-state index contributed by atoms with van der Waals surface area (Å²) in [4.78, 5) is 24.5. The van der Waals surface area contributed by atoms with E-state index in [1.165, 1.54) is 4.90 Å². The number of alkyl halides is 1. The molecule has 1 heterocycles. The molecule has 0 spiro atoms. The van der Waals surface area contributed by atoms with Crippen LogP contribution in [0.15, 0.2) is 30.3 Å². The van der Waals surface area contributed by atoms with Crippen molar-refractivity contribution < 1.29 is 23.8 Å². The van der Waals surface area contributed by atoms with Gasteiger partial charge in [0.15, 0.2) is 0 Å². The average molecular weight is 295 g/mol. The van der Waals surface area contributed by atoms with Gasteiger partial charge in [0.1, 0.15) is 13.3 Å². The van der Waals surface area contributed by atoms with E-state index in [2.05, 4.69) is 0 Å². The number of ether oxygens (including phenoxy) is 1. The second kappa shape index (κ2) is 6.56. The Labute approximate surface area is 122 Å². The summed E-state index contributed by atoms with van der Waals surface area (Å²) < 4.78 is 18.1. The van der Waals surface area contributed by atoms with Crippen LogP contribution in [-0.4, -0.2) is 41.8 Å². The molecule has 0 saturated carbocycles. The molecule has 0 radical (unpaired) electrons. The van der Waals surface area contributed by atoms with Gasteiger partial charge >= 0.3 is 12.1 Å². The second-order valence-corrected chi connectivity index (χ2v) is 5.25. The monoisotopic (exact) mass is 295 g/mol. The Kier molecular flexibility index (Phi) is 4.77. The molecule has 0 aromatic heterocycles. The third-order valence-electron chi connectivity index (χ3n) is 3.89. The maximum absolute atomic E-state index is 13.0. The zero-order chi connectivity index (χ0) is 15.3. The van der Waals surface area contributed by atoms with Crippen LogP contribution < -0.4 is 0 Å². The van der Waals surface area contributed by atoms with Crippen LogP contribution in [0, 0.1) is 5.41 Å². The van der Waals surface area contributed by atoms with E-state index in [0.29, 0.717) is 0 Å². The SMILES string of the molecule is O=C(OCc1ccccc1)N1CCC(CF)(C(=O)O)CC1. The number of hydrogen-bond donors (Lipinski definition) is 1. The minimum atomic E-state index is -1.35. The van der Waals surface area contributed by atoms with Crippen molar-refractivity contribution in [3.05, 3.63) is 35.9 Å². The van der Waals surface area contributed by atoms with E-state index >= 15 is 0 Å². The second-order valence-electron chi connectivity index (χ2n) is 5.25. The number of nitrogens with zero attached hydrogens (tertiary/aromatic N) is 1. The Morgan fingerprint density at radius 1 is 1.24 bits per heavy atom. The number of carbonyl (C=O) groups excluding carboxylic acids is 1. The molecule has 1 aromatic rings. The number of likely N-dealkylation sites (tertiary alicyclic amines) is 1. The lowest BCUT2D eigenvalue weighted by atomic mass is 9.80. The Balaban J connectivity index is 1.84. The van der Waals surface area contributed by atoms with Gasteiger partial charge < -0.3 is 14.7 Å². The van der Waals surface area contributed by atoms with Gasteiger partial charge in [-0.1, -0.05) is 30.3 Å². The van der Waals surface area contributed by atoms with Gasteiger partial charge in [0.05, 0.1) is 5.41 Å². The number of carbonyl (C=O) groups is 2. The molecule has 0 unspecified atom stereocenters. The quantitative estimate of drug-likeness (QED) is 0.926. The van der Waals surface area contributed by atoms with Crippen molar-refractivity contribution in [1.82, 2.24) is 4.90 Å². The molecule has 0 aliphatic carbocycles. The first-order valence-electron chi connectivity index (χ1n) is 6.82. The van der Waals surface area contributed by atoms with Crippen LogP contribution in [0.5, 0.6) is 0 Å². The molecule has 1 N–H and O–H groups in total. The maximum Gasteiger partial charge on any atom is 0.410 e. The van der Waals surface area contributed by atoms with E-state index in [0.717, 1.165) is 5.56 Å². The summed E-state index contributed by atoms with van der Waals surface area (Å²) in [5.74, 6) is -1.14. The van der Waals surface area contributed by atoms with Crippen LogP contribution in [0.3, 0.4) is 0 Å². The van der Waals surface area contributed by atoms with E-state index < -0.39 is 24.2 Å². The molecule has 6 heteroatoms. The standard InChI is InChI=1S/C15H18FNO4/c16-11-15(13(18)19)6-8-17(9-7-15)14(20)21-10-12-4-2-1-3-5-12/h1-5H,6-11H2,(H,18,19). The van der Waals surface area contributed by atoms with Gasteiger partial charge in [0.2, 0.25) is 0 Å². The summed E-state index contributed by atoms with van der Waals surface area (Å²) in [7, 11) is 0. The first kappa shape index (κ1) is 15.3. The minimum absolute atomic E-state index is 0.110. The van der Waals surface area contributed by atoms with Gasteiger partial charge in [0, 0.05) is 13.1 Å². The van der Waals surface area contributed by atoms with Gasteiger partial charge in [-0.15, -0.1) is 0 Å². The molecule has 1 aliphatic heterocycles. The number of carboxylic acids is 1. The lowest BCUT2D eigenvalue weighted by molar-refractivity contribution is -0.153. The van der Waals surface area contributed by atoms with Crippen LogP contribution in [0.1, 0.15) is 18.4 Å². The normalized spacial score (nSPS) is 17.3. The topological polar surface area (TPSA) is 66.8 Å². The molecule has 1 aromatic carbocycles. The van der Waals surface area contributed by atoms with Gasteiger partial charge in [-0.25, -0.2) is 9.18 Å². The molecule has 0 bridgehead atoms. The minimum Gasteiger partial charge on any atom is -0.481 e. The number of halogens is 1. The van der Waals surface area contributed by atoms with Gasteiger partial charge in [-0.05, 0) is 18.4 Å². The number of rotatable bonds is 4. The van der Waals surface area contributed by atoms with E-state index in [1.807, 2.05) is 30.3 Å². The highest BCUT2D eigenvalue weighted by atomic mass is 19.1. The molecular weight excluding hydrogens is 277 g/mol. The first-order valence-corrected chi connectivity index (χ1v) is 6.82. The molecule has 5 nitrogen and oxygen atoms in total. The van der Waals surface area contributed by atoms with Crippen molar-refractivity contribution in [2.24, 2.45) is 5.41 Å². The van der Waals surface area contributed by atoms with E-state index in [9.17, 15) is 14.0 Å². The Hall–Kier alpha value is -2.11. The Bertz CT molecular complexity index is 498. The van der Waals surface area contributed by atoms with Crippen molar-refractivity contribution in [3.8, 4) is 0 Å². The highest BCUT2D eigenvalue weighted by Gasteiger charge is 2.42. The van der Waals surface area contributed by atoms with Gasteiger partial charge in [0.25, 0.3) is 0 Å². The fourth-order valence-corrected chi connectivity index (χ4v) is 2.33. The summed E-state index contributed by atoms with van der Waals surface area (Å²) in [6.45, 7) is -0.341. The number of carboxylic acid groups (broad SMARTS) is 1. The first-order chi connectivity index (χ1) is 10.1. The molecular formula is C15H18FNO4. The van der Waals surface area contributed by atoms with Crippen LogP contribution in [-0.2, 0) is 16.1 Å². The zero-order valence-corrected chi connectivity index (χ0v) is 11.6. The molecule has 114 valence electrons. The molecule has 0 atom stereocenters. The molecule has 1 fully saturated rings. The highest BCUT2D eigenvalue weighted by Crippen LogP contribution is 2.32. The van der Waals surface area contributed by atoms with E-state index in [4.69, 9.17) is 9.84 Å². The number of piperidine rings is 1. The van der Waals surface area contributed by atoms with E-state index in [1.54, 1.807) is 0 Å². The molecule has 2 rings (SSSR count). The third-order valence-corrected chi connectivity index (χ3v) is 3.89. The van der Waals surface area contributed by atoms with Crippen molar-refractivity contribution in [2.45, 2.75) is 19.4 Å². The lowest BCUT2D eigenvalue weighted by Crippen LogP contribution is -2.47. The maximum atomic E-state index is 13.0. The third kappa shape index (κ3) is 3.51. The Morgan fingerprint density at radius 3 is 2.38 bits per heavy atom. The van der Waals surface area contributed by atoms with Gasteiger partial charge in [-0.3, -0.25) is 4.79 Å². The fourth-order valence-electron chi connectivity index (χ4n) is 2.33. The van der Waals surface area contributed by atoms with Crippen LogP contribution in [0.4, 0.5) is 9.18 Å². The van der Waals surface area contributed by atoms with Gasteiger partial charge in [-0.2, -0.15) is 0 Å². The number of aliphatic carboxylic acids is 1. The molecule has 1 aliphatic rings. The molecule has 1 amide bonds. The van der Waals surface area contributed by atoms with Crippen molar-refractivity contribution in [1.29, 1.82) is 0 Å². The summed E-state index contributed by atoms with van der Waals surface area (Å²) in [6.07, 6.45) is -0.268. The molecule has 1 saturated heterocycles. The lowest BCUT2D eigenvalue weighted by Gasteiger charge is -2.36. The average Bonchev–Trinajstić information content (AvgIpc) is 2.53. The van der Waals surface area contributed by atoms with Crippen molar-refractivity contribution in [3.63, 3.8) is 0 Å². The summed E-state index contributed by atoms with van der Waals surface area (Å²) in [6, 6.07) is 9.28. The molecule has 21 heavy (non-hydrogen) atoms. The number of benzene rings is 1. The smallest absolute Gasteiger partial charge is 0.410 e. The van der Waals surface area contributed by atoms with Crippen LogP contribution in [0.25, 0.3) is 0 Å². The predicted molar refractivity (Wildman–Crippen MR) is 73.5 cm³/mol. The summed E-state index contributed by atoms with van der Waals surface area (Å²) in [5, 5.41) is 9.09. The Morgan fingerprint density at radius 2 is 1.86 bits per heavy atom. The summed E-state index contributed by atoms with van der Waals surface area (Å²) >= 11 is 0. The van der Waals surface area contributed by atoms with E-state index in [-0.39, 0.29) is 32.5 Å². The fraction of sp³-hybridized carbons (Fsp3) is 0.467. The van der Waals surface area contributed by atoms with Crippen LogP contribution in [0.2, 0.25) is 0 Å².